The summed E-state index contributed by atoms with van der Waals surface area (Å²) < 4.78 is 22.5. The van der Waals surface area contributed by atoms with Gasteiger partial charge in [0.2, 0.25) is 0 Å². The van der Waals surface area contributed by atoms with Crippen LogP contribution in [0.1, 0.15) is 19.5 Å². The number of thiophene rings is 4. The first-order valence-electron chi connectivity index (χ1n) is 9.45. The third-order valence-corrected chi connectivity index (χ3v) is 8.08. The Morgan fingerprint density at radius 2 is 1.25 bits per heavy atom. The standard InChI is InChI=1S/C24H20O4S4/c1-25-17-5-9-29-21(17)13-15(23-19(27-3)7-11-31-23)16(24-20(28-4)8-12-32-24)14-22-18(26-2)6-10-30-22/h5-9,11,13-14H,1-4H3. The molecule has 2 radical (unpaired) electrons. The second-order valence-electron chi connectivity index (χ2n) is 6.35. The van der Waals surface area contributed by atoms with E-state index < -0.39 is 0 Å². The van der Waals surface area contributed by atoms with E-state index in [4.69, 9.17) is 18.9 Å². The Balaban J connectivity index is 2.01. The number of ether oxygens (including phenoxy) is 4. The molecule has 0 unspecified atom stereocenters. The Hall–Kier alpha value is -2.52. The van der Waals surface area contributed by atoms with E-state index in [1.807, 2.05) is 35.0 Å². The zero-order valence-corrected chi connectivity index (χ0v) is 21.2. The maximum Gasteiger partial charge on any atom is 0.138 e. The first kappa shape index (κ1) is 22.7. The summed E-state index contributed by atoms with van der Waals surface area (Å²) in [6.07, 6.45) is 4.26. The molecule has 0 amide bonds. The van der Waals surface area contributed by atoms with Crippen LogP contribution in [0, 0.1) is 10.8 Å². The summed E-state index contributed by atoms with van der Waals surface area (Å²) in [5.74, 6) is 3.18. The lowest BCUT2D eigenvalue weighted by Crippen LogP contribution is -1.93. The maximum atomic E-state index is 5.70. The Morgan fingerprint density at radius 3 is 2.00 bits per heavy atom. The predicted octanol–water partition coefficient (Wildman–Crippen LogP) is 7.35. The topological polar surface area (TPSA) is 36.9 Å². The van der Waals surface area contributed by atoms with Gasteiger partial charge in [-0.2, -0.15) is 0 Å². The Labute approximate surface area is 203 Å². The smallest absolute Gasteiger partial charge is 0.138 e. The minimum Gasteiger partial charge on any atom is -0.495 e. The van der Waals surface area contributed by atoms with Gasteiger partial charge >= 0.3 is 0 Å². The lowest BCUT2D eigenvalue weighted by molar-refractivity contribution is 0.415. The van der Waals surface area contributed by atoms with Crippen molar-refractivity contribution in [1.82, 2.24) is 0 Å². The molecule has 0 saturated carbocycles. The summed E-state index contributed by atoms with van der Waals surface area (Å²) in [7, 11) is 6.72. The van der Waals surface area contributed by atoms with Crippen molar-refractivity contribution in [2.24, 2.45) is 0 Å². The van der Waals surface area contributed by atoms with Gasteiger partial charge < -0.3 is 18.9 Å². The van der Waals surface area contributed by atoms with Crippen molar-refractivity contribution in [3.63, 3.8) is 0 Å². The Bertz CT molecular complexity index is 1140. The lowest BCUT2D eigenvalue weighted by atomic mass is 9.99. The third-order valence-electron chi connectivity index (χ3n) is 4.67. The highest BCUT2D eigenvalue weighted by Crippen LogP contribution is 2.47. The van der Waals surface area contributed by atoms with Gasteiger partial charge in [0, 0.05) is 34.0 Å². The number of allylic oxidation sites excluding steroid dienone is 2. The quantitative estimate of drug-likeness (QED) is 0.225. The third kappa shape index (κ3) is 4.49. The van der Waals surface area contributed by atoms with Crippen LogP contribution in [-0.2, 0) is 0 Å². The second kappa shape index (κ2) is 10.4. The van der Waals surface area contributed by atoms with Crippen LogP contribution < -0.4 is 18.9 Å². The molecule has 4 rings (SSSR count). The van der Waals surface area contributed by atoms with Gasteiger partial charge in [-0.25, -0.2) is 0 Å². The predicted molar refractivity (Wildman–Crippen MR) is 137 cm³/mol. The molecule has 0 aromatic carbocycles. The molecule has 0 aliphatic rings. The van der Waals surface area contributed by atoms with E-state index in [1.165, 1.54) is 22.7 Å². The van der Waals surface area contributed by atoms with Crippen molar-refractivity contribution in [2.75, 3.05) is 28.4 Å². The number of hydrogen-bond donors (Lipinski definition) is 0. The molecule has 0 N–H and O–H groups in total. The molecule has 0 aliphatic carbocycles. The minimum absolute atomic E-state index is 0.764. The highest BCUT2D eigenvalue weighted by molar-refractivity contribution is 7.14. The van der Waals surface area contributed by atoms with Gasteiger partial charge in [-0.1, -0.05) is 0 Å². The molecule has 0 atom stereocenters. The summed E-state index contributed by atoms with van der Waals surface area (Å²) in [5, 5.41) is 10.4. The molecule has 4 heterocycles. The van der Waals surface area contributed by atoms with E-state index in [9.17, 15) is 0 Å². The average Bonchev–Trinajstić information content (AvgIpc) is 3.61. The SMILES string of the molecule is COc1c[c]sc1C=C(C(=Cc1sccc1OC)c1sccc1OC)c1s[c]cc1OC. The lowest BCUT2D eigenvalue weighted by Gasteiger charge is -2.14. The van der Waals surface area contributed by atoms with Crippen molar-refractivity contribution in [2.45, 2.75) is 0 Å². The molecule has 8 heteroatoms. The Morgan fingerprint density at radius 1 is 0.656 bits per heavy atom. The molecule has 32 heavy (non-hydrogen) atoms. The molecule has 164 valence electrons. The Kier molecular flexibility index (Phi) is 7.36. The first-order valence-corrected chi connectivity index (χ1v) is 12.8. The number of rotatable bonds is 9. The summed E-state index contributed by atoms with van der Waals surface area (Å²) in [6.45, 7) is 0. The van der Waals surface area contributed by atoms with Crippen molar-refractivity contribution in [3.05, 3.63) is 65.3 Å². The molecule has 0 fully saturated rings. The second-order valence-corrected chi connectivity index (χ2v) is 9.94. The molecule has 4 aromatic heterocycles. The van der Waals surface area contributed by atoms with E-state index in [0.29, 0.717) is 0 Å². The van der Waals surface area contributed by atoms with Crippen LogP contribution in [0.25, 0.3) is 23.3 Å². The molecule has 0 saturated heterocycles. The molecular weight excluding hydrogens is 481 g/mol. The van der Waals surface area contributed by atoms with Crippen LogP contribution in [-0.4, -0.2) is 28.4 Å². The fraction of sp³-hybridized carbons (Fsp3) is 0.167. The number of hydrogen-bond acceptors (Lipinski definition) is 8. The summed E-state index contributed by atoms with van der Waals surface area (Å²) in [5.41, 5.74) is 1.99. The fourth-order valence-electron chi connectivity index (χ4n) is 3.16. The zero-order chi connectivity index (χ0) is 22.5. The van der Waals surface area contributed by atoms with E-state index in [1.54, 1.807) is 51.1 Å². The van der Waals surface area contributed by atoms with Crippen molar-refractivity contribution in [3.8, 4) is 23.0 Å². The van der Waals surface area contributed by atoms with Gasteiger partial charge in [0.1, 0.15) is 23.0 Å². The van der Waals surface area contributed by atoms with Crippen LogP contribution in [0.2, 0.25) is 0 Å². The van der Waals surface area contributed by atoms with Crippen LogP contribution in [0.15, 0.2) is 35.0 Å². The van der Waals surface area contributed by atoms with Crippen LogP contribution in [0.4, 0.5) is 0 Å². The van der Waals surface area contributed by atoms with Crippen LogP contribution >= 0.6 is 45.3 Å². The highest BCUT2D eigenvalue weighted by Gasteiger charge is 2.22. The molecule has 0 aliphatic heterocycles. The van der Waals surface area contributed by atoms with Crippen LogP contribution in [0.3, 0.4) is 0 Å². The summed E-state index contributed by atoms with van der Waals surface area (Å²) in [6, 6.07) is 7.66. The van der Waals surface area contributed by atoms with Crippen LogP contribution in [0.5, 0.6) is 23.0 Å². The van der Waals surface area contributed by atoms with Gasteiger partial charge in [0.25, 0.3) is 0 Å². The van der Waals surface area contributed by atoms with E-state index >= 15 is 0 Å². The van der Waals surface area contributed by atoms with E-state index in [0.717, 1.165) is 53.7 Å². The monoisotopic (exact) mass is 500 g/mol. The zero-order valence-electron chi connectivity index (χ0n) is 17.9. The van der Waals surface area contributed by atoms with Gasteiger partial charge in [0.15, 0.2) is 0 Å². The van der Waals surface area contributed by atoms with Crippen molar-refractivity contribution in [1.29, 1.82) is 0 Å². The maximum absolute atomic E-state index is 5.70. The largest absolute Gasteiger partial charge is 0.495 e. The molecule has 4 nitrogen and oxygen atoms in total. The number of methoxy groups -OCH3 is 4. The van der Waals surface area contributed by atoms with E-state index in [2.05, 4.69) is 22.9 Å². The normalized spacial score (nSPS) is 12.1. The van der Waals surface area contributed by atoms with E-state index in [-0.39, 0.29) is 0 Å². The van der Waals surface area contributed by atoms with Gasteiger partial charge in [-0.05, 0) is 35.0 Å². The summed E-state index contributed by atoms with van der Waals surface area (Å²) in [4.78, 5) is 3.98. The molecule has 0 bridgehead atoms. The van der Waals surface area contributed by atoms with Gasteiger partial charge in [-0.3, -0.25) is 0 Å². The fourth-order valence-corrected chi connectivity index (χ4v) is 6.36. The van der Waals surface area contributed by atoms with Crippen molar-refractivity contribution < 1.29 is 18.9 Å². The van der Waals surface area contributed by atoms with Gasteiger partial charge in [-0.15, -0.1) is 45.3 Å². The molecule has 4 aromatic rings. The summed E-state index contributed by atoms with van der Waals surface area (Å²) >= 11 is 6.26. The van der Waals surface area contributed by atoms with Crippen molar-refractivity contribution >= 4 is 68.6 Å². The minimum atomic E-state index is 0.764. The first-order chi connectivity index (χ1) is 15.7. The highest BCUT2D eigenvalue weighted by atomic mass is 32.1. The molecule has 0 spiro atoms. The van der Waals surface area contributed by atoms with Gasteiger partial charge in [0.05, 0.1) is 47.9 Å². The molecular formula is C24H20O4S4. The average molecular weight is 501 g/mol.